The topological polar surface area (TPSA) is 38.3 Å². The summed E-state index contributed by atoms with van der Waals surface area (Å²) in [5.41, 5.74) is 0. The predicted octanol–water partition coefficient (Wildman–Crippen LogP) is 2.74. The highest BCUT2D eigenvalue weighted by Gasteiger charge is 2.27. The van der Waals surface area contributed by atoms with E-state index in [0.717, 1.165) is 31.7 Å². The van der Waals surface area contributed by atoms with Gasteiger partial charge in [-0.15, -0.1) is 0 Å². The van der Waals surface area contributed by atoms with Crippen LogP contribution in [0.2, 0.25) is 0 Å². The van der Waals surface area contributed by atoms with Crippen LogP contribution in [0.25, 0.3) is 0 Å². The summed E-state index contributed by atoms with van der Waals surface area (Å²) in [4.78, 5) is 11.7. The van der Waals surface area contributed by atoms with E-state index in [1.807, 2.05) is 6.92 Å². The fraction of sp³-hybridized carbons (Fsp3) is 0.929. The second-order valence-electron chi connectivity index (χ2n) is 5.23. The van der Waals surface area contributed by atoms with Crippen molar-refractivity contribution in [2.75, 3.05) is 13.2 Å². The standard InChI is InChI=1S/C14H27NO2/c1-4-11(3)10-15-13-8-6-7-12(9-13)14(16)17-5-2/h11-13,15H,4-10H2,1-3H3. The molecule has 1 fully saturated rings. The predicted molar refractivity (Wildman–Crippen MR) is 69.8 cm³/mol. The summed E-state index contributed by atoms with van der Waals surface area (Å²) >= 11 is 0. The van der Waals surface area contributed by atoms with E-state index in [4.69, 9.17) is 4.74 Å². The van der Waals surface area contributed by atoms with E-state index in [-0.39, 0.29) is 11.9 Å². The van der Waals surface area contributed by atoms with Crippen molar-refractivity contribution in [1.29, 1.82) is 0 Å². The van der Waals surface area contributed by atoms with Crippen molar-refractivity contribution < 1.29 is 9.53 Å². The number of rotatable bonds is 6. The average molecular weight is 241 g/mol. The van der Waals surface area contributed by atoms with Crippen molar-refractivity contribution in [2.24, 2.45) is 11.8 Å². The molecule has 3 heteroatoms. The maximum Gasteiger partial charge on any atom is 0.308 e. The first kappa shape index (κ1) is 14.5. The average Bonchev–Trinajstić information content (AvgIpc) is 2.36. The summed E-state index contributed by atoms with van der Waals surface area (Å²) in [5, 5.41) is 3.59. The molecule has 3 unspecified atom stereocenters. The molecule has 1 N–H and O–H groups in total. The van der Waals surface area contributed by atoms with Crippen LogP contribution in [-0.4, -0.2) is 25.2 Å². The molecule has 0 radical (unpaired) electrons. The first-order chi connectivity index (χ1) is 8.17. The highest BCUT2D eigenvalue weighted by Crippen LogP contribution is 2.25. The molecule has 100 valence electrons. The zero-order valence-electron chi connectivity index (χ0n) is 11.5. The van der Waals surface area contributed by atoms with Crippen molar-refractivity contribution in [1.82, 2.24) is 5.32 Å². The molecule has 0 saturated heterocycles. The van der Waals surface area contributed by atoms with Crippen LogP contribution in [0.5, 0.6) is 0 Å². The molecule has 0 bridgehead atoms. The summed E-state index contributed by atoms with van der Waals surface area (Å²) in [7, 11) is 0. The van der Waals surface area contributed by atoms with Gasteiger partial charge in [0.2, 0.25) is 0 Å². The van der Waals surface area contributed by atoms with Crippen molar-refractivity contribution in [3.05, 3.63) is 0 Å². The molecule has 1 saturated carbocycles. The van der Waals surface area contributed by atoms with Crippen LogP contribution in [0.4, 0.5) is 0 Å². The summed E-state index contributed by atoms with van der Waals surface area (Å²) in [5.74, 6) is 0.846. The van der Waals surface area contributed by atoms with Gasteiger partial charge in [-0.3, -0.25) is 4.79 Å². The maximum absolute atomic E-state index is 11.7. The minimum absolute atomic E-state index is 0.00235. The molecule has 1 aliphatic carbocycles. The van der Waals surface area contributed by atoms with Gasteiger partial charge in [0.05, 0.1) is 12.5 Å². The molecule has 0 heterocycles. The Balaban J connectivity index is 2.30. The number of hydrogen-bond donors (Lipinski definition) is 1. The molecular formula is C14H27NO2. The van der Waals surface area contributed by atoms with E-state index >= 15 is 0 Å². The van der Waals surface area contributed by atoms with Crippen LogP contribution in [0, 0.1) is 11.8 Å². The molecule has 0 aromatic carbocycles. The molecule has 0 aromatic rings. The van der Waals surface area contributed by atoms with Crippen molar-refractivity contribution in [3.8, 4) is 0 Å². The van der Waals surface area contributed by atoms with E-state index in [1.165, 1.54) is 12.8 Å². The summed E-state index contributed by atoms with van der Waals surface area (Å²) in [6, 6.07) is 0.507. The van der Waals surface area contributed by atoms with Crippen LogP contribution >= 0.6 is 0 Å². The maximum atomic E-state index is 11.7. The van der Waals surface area contributed by atoms with Crippen molar-refractivity contribution in [2.45, 2.75) is 58.9 Å². The monoisotopic (exact) mass is 241 g/mol. The fourth-order valence-electron chi connectivity index (χ4n) is 2.36. The third-order valence-electron chi connectivity index (χ3n) is 3.75. The highest BCUT2D eigenvalue weighted by molar-refractivity contribution is 5.72. The highest BCUT2D eigenvalue weighted by atomic mass is 16.5. The Kier molecular flexibility index (Phi) is 6.56. The number of esters is 1. The smallest absolute Gasteiger partial charge is 0.308 e. The zero-order chi connectivity index (χ0) is 12.7. The number of nitrogens with one attached hydrogen (secondary N) is 1. The minimum Gasteiger partial charge on any atom is -0.466 e. The van der Waals surface area contributed by atoms with Gasteiger partial charge in [-0.1, -0.05) is 26.7 Å². The summed E-state index contributed by atoms with van der Waals surface area (Å²) in [6.45, 7) is 7.92. The molecule has 3 nitrogen and oxygen atoms in total. The molecule has 0 spiro atoms. The number of hydrogen-bond acceptors (Lipinski definition) is 3. The molecule has 3 atom stereocenters. The summed E-state index contributed by atoms with van der Waals surface area (Å²) < 4.78 is 5.11. The van der Waals surface area contributed by atoms with E-state index in [2.05, 4.69) is 19.2 Å². The first-order valence-electron chi connectivity index (χ1n) is 7.07. The molecule has 0 amide bonds. The van der Waals surface area contributed by atoms with Crippen LogP contribution in [0.15, 0.2) is 0 Å². The van der Waals surface area contributed by atoms with Crippen molar-refractivity contribution in [3.63, 3.8) is 0 Å². The van der Waals surface area contributed by atoms with Gasteiger partial charge in [-0.2, -0.15) is 0 Å². The van der Waals surface area contributed by atoms with Gasteiger partial charge in [0.25, 0.3) is 0 Å². The zero-order valence-corrected chi connectivity index (χ0v) is 11.5. The molecule has 1 aliphatic rings. The largest absolute Gasteiger partial charge is 0.466 e. The Labute approximate surface area is 105 Å². The Morgan fingerprint density at radius 2 is 2.18 bits per heavy atom. The van der Waals surface area contributed by atoms with Crippen LogP contribution in [0.3, 0.4) is 0 Å². The third kappa shape index (κ3) is 5.07. The van der Waals surface area contributed by atoms with Gasteiger partial charge in [0.15, 0.2) is 0 Å². The second kappa shape index (κ2) is 7.70. The molecular weight excluding hydrogens is 214 g/mol. The number of carbonyl (C=O) groups is 1. The third-order valence-corrected chi connectivity index (χ3v) is 3.75. The minimum atomic E-state index is 0.00235. The van der Waals surface area contributed by atoms with E-state index in [9.17, 15) is 4.79 Å². The lowest BCUT2D eigenvalue weighted by Crippen LogP contribution is -2.38. The lowest BCUT2D eigenvalue weighted by molar-refractivity contribution is -0.149. The fourth-order valence-corrected chi connectivity index (χ4v) is 2.36. The quantitative estimate of drug-likeness (QED) is 0.727. The Bertz CT molecular complexity index is 230. The molecule has 0 aromatic heterocycles. The summed E-state index contributed by atoms with van der Waals surface area (Å²) in [6.07, 6.45) is 5.50. The number of ether oxygens (including phenoxy) is 1. The molecule has 0 aliphatic heterocycles. The Morgan fingerprint density at radius 1 is 1.41 bits per heavy atom. The van der Waals surface area contributed by atoms with Crippen molar-refractivity contribution >= 4 is 5.97 Å². The lowest BCUT2D eigenvalue weighted by Gasteiger charge is -2.29. The van der Waals surface area contributed by atoms with Gasteiger partial charge in [-0.05, 0) is 38.6 Å². The van der Waals surface area contributed by atoms with Crippen LogP contribution < -0.4 is 5.32 Å². The van der Waals surface area contributed by atoms with E-state index in [1.54, 1.807) is 0 Å². The molecule has 17 heavy (non-hydrogen) atoms. The molecule has 1 rings (SSSR count). The van der Waals surface area contributed by atoms with Gasteiger partial charge >= 0.3 is 5.97 Å². The van der Waals surface area contributed by atoms with E-state index < -0.39 is 0 Å². The Morgan fingerprint density at radius 3 is 2.82 bits per heavy atom. The van der Waals surface area contributed by atoms with Gasteiger partial charge in [-0.25, -0.2) is 0 Å². The normalized spacial score (nSPS) is 26.5. The van der Waals surface area contributed by atoms with Gasteiger partial charge in [0, 0.05) is 6.04 Å². The lowest BCUT2D eigenvalue weighted by atomic mass is 9.85. The van der Waals surface area contributed by atoms with Gasteiger partial charge in [0.1, 0.15) is 0 Å². The van der Waals surface area contributed by atoms with Crippen LogP contribution in [0.1, 0.15) is 52.9 Å². The van der Waals surface area contributed by atoms with Crippen LogP contribution in [-0.2, 0) is 9.53 Å². The van der Waals surface area contributed by atoms with E-state index in [0.29, 0.717) is 12.6 Å². The Hall–Kier alpha value is -0.570. The SMILES string of the molecule is CCOC(=O)C1CCCC(NCC(C)CC)C1. The first-order valence-corrected chi connectivity index (χ1v) is 7.07. The number of carbonyl (C=O) groups excluding carboxylic acids is 1. The second-order valence-corrected chi connectivity index (χ2v) is 5.23. The van der Waals surface area contributed by atoms with Gasteiger partial charge < -0.3 is 10.1 Å².